The van der Waals surface area contributed by atoms with Crippen LogP contribution in [0.15, 0.2) is 24.5 Å². The molecule has 0 amide bonds. The molecular weight excluding hydrogens is 220 g/mol. The average molecular weight is 234 g/mol. The third-order valence-corrected chi connectivity index (χ3v) is 3.49. The highest BCUT2D eigenvalue weighted by Crippen LogP contribution is 2.26. The Bertz CT molecular complexity index is 436. The molecule has 2 aromatic heterocycles. The van der Waals surface area contributed by atoms with Crippen molar-refractivity contribution >= 4 is 11.3 Å². The number of nitrogens with zero attached hydrogens (tertiary/aromatic N) is 3. The lowest BCUT2D eigenvalue weighted by Crippen LogP contribution is -2.14. The molecular formula is C11H14N4S. The fraction of sp³-hybridized carbons (Fsp3) is 0.364. The second kappa shape index (κ2) is 5.14. The maximum absolute atomic E-state index is 4.21. The zero-order valence-corrected chi connectivity index (χ0v) is 10.2. The number of hydrogen-bond donors (Lipinski definition) is 1. The standard InChI is InChI=1S/C11H14N4S/c1-3-9(12-2)11-15-14-10(16-11)8-5-4-6-13-7-8/h4-7,9,12H,3H2,1-2H3. The van der Waals surface area contributed by atoms with E-state index in [1.807, 2.05) is 25.4 Å². The fourth-order valence-electron chi connectivity index (χ4n) is 1.48. The molecule has 2 heterocycles. The van der Waals surface area contributed by atoms with Crippen molar-refractivity contribution < 1.29 is 0 Å². The number of rotatable bonds is 4. The van der Waals surface area contributed by atoms with Crippen LogP contribution >= 0.6 is 11.3 Å². The molecule has 1 N–H and O–H groups in total. The summed E-state index contributed by atoms with van der Waals surface area (Å²) in [4.78, 5) is 4.08. The van der Waals surface area contributed by atoms with Crippen LogP contribution in [0, 0.1) is 0 Å². The molecule has 1 atom stereocenters. The average Bonchev–Trinajstić information content (AvgIpc) is 2.81. The summed E-state index contributed by atoms with van der Waals surface area (Å²) in [5.41, 5.74) is 1.03. The maximum Gasteiger partial charge on any atom is 0.149 e. The second-order valence-electron chi connectivity index (χ2n) is 3.44. The van der Waals surface area contributed by atoms with E-state index in [0.29, 0.717) is 6.04 Å². The molecule has 16 heavy (non-hydrogen) atoms. The Morgan fingerprint density at radius 3 is 2.94 bits per heavy atom. The monoisotopic (exact) mass is 234 g/mol. The van der Waals surface area contributed by atoms with Gasteiger partial charge >= 0.3 is 0 Å². The van der Waals surface area contributed by atoms with Gasteiger partial charge < -0.3 is 5.32 Å². The molecule has 1 unspecified atom stereocenters. The third kappa shape index (κ3) is 2.25. The first-order valence-electron chi connectivity index (χ1n) is 5.26. The van der Waals surface area contributed by atoms with E-state index in [-0.39, 0.29) is 0 Å². The van der Waals surface area contributed by atoms with Gasteiger partial charge in [0.25, 0.3) is 0 Å². The molecule has 0 saturated carbocycles. The van der Waals surface area contributed by atoms with Gasteiger partial charge in [0, 0.05) is 18.0 Å². The number of pyridine rings is 1. The van der Waals surface area contributed by atoms with Gasteiger partial charge in [-0.1, -0.05) is 18.3 Å². The zero-order valence-electron chi connectivity index (χ0n) is 9.34. The van der Waals surface area contributed by atoms with E-state index in [4.69, 9.17) is 0 Å². The summed E-state index contributed by atoms with van der Waals surface area (Å²) >= 11 is 1.62. The van der Waals surface area contributed by atoms with Crippen LogP contribution in [0.1, 0.15) is 24.4 Å². The summed E-state index contributed by atoms with van der Waals surface area (Å²) in [6, 6.07) is 4.20. The predicted molar refractivity (Wildman–Crippen MR) is 65.2 cm³/mol. The van der Waals surface area contributed by atoms with Crippen molar-refractivity contribution in [1.29, 1.82) is 0 Å². The predicted octanol–water partition coefficient (Wildman–Crippen LogP) is 2.27. The van der Waals surface area contributed by atoms with Crippen LogP contribution in [0.2, 0.25) is 0 Å². The molecule has 84 valence electrons. The smallest absolute Gasteiger partial charge is 0.149 e. The summed E-state index contributed by atoms with van der Waals surface area (Å²) in [5, 5.41) is 13.6. The third-order valence-electron chi connectivity index (χ3n) is 2.40. The van der Waals surface area contributed by atoms with Crippen molar-refractivity contribution in [2.75, 3.05) is 7.05 Å². The van der Waals surface area contributed by atoms with Crippen molar-refractivity contribution in [2.24, 2.45) is 0 Å². The molecule has 0 spiro atoms. The molecule has 0 bridgehead atoms. The number of hydrogen-bond acceptors (Lipinski definition) is 5. The van der Waals surface area contributed by atoms with Gasteiger partial charge in [-0.3, -0.25) is 4.98 Å². The first-order valence-corrected chi connectivity index (χ1v) is 6.08. The van der Waals surface area contributed by atoms with E-state index in [0.717, 1.165) is 22.0 Å². The zero-order chi connectivity index (χ0) is 11.4. The quantitative estimate of drug-likeness (QED) is 0.881. The Labute approximate surface area is 98.8 Å². The minimum Gasteiger partial charge on any atom is -0.311 e. The molecule has 0 aliphatic carbocycles. The van der Waals surface area contributed by atoms with Crippen LogP contribution < -0.4 is 5.32 Å². The summed E-state index contributed by atoms with van der Waals surface area (Å²) < 4.78 is 0. The molecule has 0 aliphatic heterocycles. The highest BCUT2D eigenvalue weighted by atomic mass is 32.1. The molecule has 0 fully saturated rings. The van der Waals surface area contributed by atoms with Crippen molar-refractivity contribution in [3.63, 3.8) is 0 Å². The van der Waals surface area contributed by atoms with Crippen LogP contribution in [-0.2, 0) is 0 Å². The van der Waals surface area contributed by atoms with Crippen LogP contribution in [0.25, 0.3) is 10.6 Å². The molecule has 2 rings (SSSR count). The van der Waals surface area contributed by atoms with Gasteiger partial charge in [-0.05, 0) is 25.6 Å². The molecule has 5 heteroatoms. The molecule has 0 aliphatic rings. The van der Waals surface area contributed by atoms with E-state index in [1.165, 1.54) is 0 Å². The largest absolute Gasteiger partial charge is 0.311 e. The molecule has 2 aromatic rings. The highest BCUT2D eigenvalue weighted by molar-refractivity contribution is 7.14. The lowest BCUT2D eigenvalue weighted by molar-refractivity contribution is 0.568. The Morgan fingerprint density at radius 2 is 2.31 bits per heavy atom. The topological polar surface area (TPSA) is 50.7 Å². The van der Waals surface area contributed by atoms with E-state index in [1.54, 1.807) is 17.5 Å². The van der Waals surface area contributed by atoms with Crippen LogP contribution in [-0.4, -0.2) is 22.2 Å². The maximum atomic E-state index is 4.21. The Hall–Kier alpha value is -1.33. The van der Waals surface area contributed by atoms with Crippen LogP contribution in [0.3, 0.4) is 0 Å². The first-order chi connectivity index (χ1) is 7.85. The lowest BCUT2D eigenvalue weighted by atomic mass is 10.2. The minimum atomic E-state index is 0.294. The van der Waals surface area contributed by atoms with Crippen molar-refractivity contribution in [3.8, 4) is 10.6 Å². The summed E-state index contributed by atoms with van der Waals surface area (Å²) in [5.74, 6) is 0. The van der Waals surface area contributed by atoms with Gasteiger partial charge in [-0.15, -0.1) is 10.2 Å². The van der Waals surface area contributed by atoms with E-state index >= 15 is 0 Å². The Morgan fingerprint density at radius 1 is 1.44 bits per heavy atom. The molecule has 4 nitrogen and oxygen atoms in total. The second-order valence-corrected chi connectivity index (χ2v) is 4.45. The summed E-state index contributed by atoms with van der Waals surface area (Å²) in [6.45, 7) is 2.13. The minimum absolute atomic E-state index is 0.294. The van der Waals surface area contributed by atoms with Crippen molar-refractivity contribution in [3.05, 3.63) is 29.5 Å². The number of aromatic nitrogens is 3. The van der Waals surface area contributed by atoms with E-state index in [9.17, 15) is 0 Å². The SMILES string of the molecule is CCC(NC)c1nnc(-c2cccnc2)s1. The van der Waals surface area contributed by atoms with Crippen molar-refractivity contribution in [2.45, 2.75) is 19.4 Å². The Balaban J connectivity index is 2.26. The van der Waals surface area contributed by atoms with Gasteiger partial charge in [0.1, 0.15) is 10.0 Å². The van der Waals surface area contributed by atoms with Gasteiger partial charge in [0.05, 0.1) is 6.04 Å². The van der Waals surface area contributed by atoms with Crippen LogP contribution in [0.4, 0.5) is 0 Å². The first kappa shape index (κ1) is 11.2. The normalized spacial score (nSPS) is 12.6. The van der Waals surface area contributed by atoms with Crippen LogP contribution in [0.5, 0.6) is 0 Å². The summed E-state index contributed by atoms with van der Waals surface area (Å²) in [7, 11) is 1.94. The molecule has 0 saturated heterocycles. The van der Waals surface area contributed by atoms with E-state index in [2.05, 4.69) is 27.4 Å². The highest BCUT2D eigenvalue weighted by Gasteiger charge is 2.13. The van der Waals surface area contributed by atoms with Gasteiger partial charge in [-0.25, -0.2) is 0 Å². The number of nitrogens with one attached hydrogen (secondary N) is 1. The van der Waals surface area contributed by atoms with Gasteiger partial charge in [0.2, 0.25) is 0 Å². The van der Waals surface area contributed by atoms with Gasteiger partial charge in [-0.2, -0.15) is 0 Å². The Kier molecular flexibility index (Phi) is 3.58. The van der Waals surface area contributed by atoms with Gasteiger partial charge in [0.15, 0.2) is 0 Å². The fourth-order valence-corrected chi connectivity index (χ4v) is 2.51. The molecule has 0 radical (unpaired) electrons. The van der Waals surface area contributed by atoms with E-state index < -0.39 is 0 Å². The van der Waals surface area contributed by atoms with Crippen molar-refractivity contribution in [1.82, 2.24) is 20.5 Å². The summed E-state index contributed by atoms with van der Waals surface area (Å²) in [6.07, 6.45) is 4.58. The lowest BCUT2D eigenvalue weighted by Gasteiger charge is -2.07. The molecule has 0 aromatic carbocycles.